The lowest BCUT2D eigenvalue weighted by atomic mass is 10.0. The molecule has 2 saturated carbocycles. The first-order chi connectivity index (χ1) is 6.74. The van der Waals surface area contributed by atoms with Crippen molar-refractivity contribution in [2.75, 3.05) is 26.7 Å². The summed E-state index contributed by atoms with van der Waals surface area (Å²) in [6.07, 6.45) is 8.55. The van der Waals surface area contributed by atoms with Crippen LogP contribution in [0.25, 0.3) is 0 Å². The van der Waals surface area contributed by atoms with Crippen molar-refractivity contribution >= 4 is 0 Å². The van der Waals surface area contributed by atoms with Crippen molar-refractivity contribution in [3.63, 3.8) is 0 Å². The van der Waals surface area contributed by atoms with E-state index >= 15 is 0 Å². The fraction of sp³-hybridized carbons (Fsp3) is 1.00. The molecule has 2 fully saturated rings. The standard InChI is InChI=1S/C12H24N2/c1-14(8-11-4-2-3-5-11)10-12(9-13)6-7-12/h11H,2-10,13H2,1H3. The number of nitrogens with zero attached hydrogens (tertiary/aromatic N) is 1. The molecule has 0 aliphatic heterocycles. The zero-order valence-corrected chi connectivity index (χ0v) is 9.47. The maximum atomic E-state index is 5.80. The molecule has 0 aromatic rings. The molecule has 0 saturated heterocycles. The topological polar surface area (TPSA) is 29.3 Å². The summed E-state index contributed by atoms with van der Waals surface area (Å²) in [5, 5.41) is 0. The Balaban J connectivity index is 1.70. The minimum absolute atomic E-state index is 0.521. The SMILES string of the molecule is CN(CC1CCCC1)CC1(CN)CC1. The molecule has 82 valence electrons. The molecule has 0 unspecified atom stereocenters. The number of hydrogen-bond donors (Lipinski definition) is 1. The summed E-state index contributed by atoms with van der Waals surface area (Å²) < 4.78 is 0. The molecule has 2 rings (SSSR count). The molecule has 2 aliphatic rings. The Hall–Kier alpha value is -0.0800. The van der Waals surface area contributed by atoms with Crippen LogP contribution in [0.1, 0.15) is 38.5 Å². The summed E-state index contributed by atoms with van der Waals surface area (Å²) in [7, 11) is 2.27. The number of hydrogen-bond acceptors (Lipinski definition) is 2. The highest BCUT2D eigenvalue weighted by Gasteiger charge is 2.41. The smallest absolute Gasteiger partial charge is 0.00471 e. The van der Waals surface area contributed by atoms with E-state index in [1.807, 2.05) is 0 Å². The highest BCUT2D eigenvalue weighted by atomic mass is 15.1. The van der Waals surface area contributed by atoms with Gasteiger partial charge in [-0.15, -0.1) is 0 Å². The molecule has 0 bridgehead atoms. The largest absolute Gasteiger partial charge is 0.330 e. The van der Waals surface area contributed by atoms with Crippen LogP contribution in [0.4, 0.5) is 0 Å². The summed E-state index contributed by atoms with van der Waals surface area (Å²) in [5.74, 6) is 0.980. The quantitative estimate of drug-likeness (QED) is 0.727. The Morgan fingerprint density at radius 2 is 1.93 bits per heavy atom. The van der Waals surface area contributed by atoms with Crippen LogP contribution >= 0.6 is 0 Å². The molecule has 2 heteroatoms. The molecule has 14 heavy (non-hydrogen) atoms. The van der Waals surface area contributed by atoms with E-state index in [9.17, 15) is 0 Å². The van der Waals surface area contributed by atoms with Gasteiger partial charge in [-0.3, -0.25) is 0 Å². The molecular weight excluding hydrogens is 172 g/mol. The molecule has 2 N–H and O–H groups in total. The molecule has 2 aliphatic carbocycles. The first-order valence-corrected chi connectivity index (χ1v) is 6.13. The van der Waals surface area contributed by atoms with Gasteiger partial charge < -0.3 is 10.6 Å². The molecule has 0 atom stereocenters. The van der Waals surface area contributed by atoms with Crippen molar-refractivity contribution < 1.29 is 0 Å². The monoisotopic (exact) mass is 196 g/mol. The lowest BCUT2D eigenvalue weighted by Crippen LogP contribution is -2.34. The van der Waals surface area contributed by atoms with Crippen molar-refractivity contribution in [3.8, 4) is 0 Å². The third-order valence-electron chi connectivity index (χ3n) is 4.04. The van der Waals surface area contributed by atoms with Gasteiger partial charge in [0.05, 0.1) is 0 Å². The van der Waals surface area contributed by atoms with Crippen LogP contribution in [0.2, 0.25) is 0 Å². The third kappa shape index (κ3) is 2.48. The third-order valence-corrected chi connectivity index (χ3v) is 4.04. The van der Waals surface area contributed by atoms with Crippen molar-refractivity contribution in [1.82, 2.24) is 4.90 Å². The Morgan fingerprint density at radius 1 is 1.29 bits per heavy atom. The predicted molar refractivity (Wildman–Crippen MR) is 60.2 cm³/mol. The van der Waals surface area contributed by atoms with Gasteiger partial charge in [0, 0.05) is 13.1 Å². The summed E-state index contributed by atoms with van der Waals surface area (Å²) in [6, 6.07) is 0. The van der Waals surface area contributed by atoms with E-state index in [2.05, 4.69) is 11.9 Å². The van der Waals surface area contributed by atoms with E-state index in [0.29, 0.717) is 5.41 Å². The summed E-state index contributed by atoms with van der Waals surface area (Å²) in [5.41, 5.74) is 6.32. The first kappa shape index (κ1) is 10.4. The second-order valence-corrected chi connectivity index (χ2v) is 5.55. The summed E-state index contributed by atoms with van der Waals surface area (Å²) in [6.45, 7) is 3.43. The maximum absolute atomic E-state index is 5.80. The fourth-order valence-electron chi connectivity index (χ4n) is 2.87. The average Bonchev–Trinajstić information content (AvgIpc) is 2.74. The van der Waals surface area contributed by atoms with Crippen LogP contribution in [0, 0.1) is 11.3 Å². The number of rotatable bonds is 5. The van der Waals surface area contributed by atoms with Crippen molar-refractivity contribution in [3.05, 3.63) is 0 Å². The Morgan fingerprint density at radius 3 is 2.43 bits per heavy atom. The van der Waals surface area contributed by atoms with Crippen LogP contribution in [-0.4, -0.2) is 31.6 Å². The average molecular weight is 196 g/mol. The van der Waals surface area contributed by atoms with Gasteiger partial charge in [0.25, 0.3) is 0 Å². The van der Waals surface area contributed by atoms with Crippen molar-refractivity contribution in [2.24, 2.45) is 17.1 Å². The fourth-order valence-corrected chi connectivity index (χ4v) is 2.87. The van der Waals surface area contributed by atoms with Crippen LogP contribution in [0.15, 0.2) is 0 Å². The Kier molecular flexibility index (Phi) is 3.13. The van der Waals surface area contributed by atoms with Gasteiger partial charge in [-0.2, -0.15) is 0 Å². The van der Waals surface area contributed by atoms with Crippen LogP contribution in [0.3, 0.4) is 0 Å². The lowest BCUT2D eigenvalue weighted by Gasteiger charge is -2.25. The zero-order chi connectivity index (χ0) is 10.0. The van der Waals surface area contributed by atoms with E-state index < -0.39 is 0 Å². The van der Waals surface area contributed by atoms with E-state index in [4.69, 9.17) is 5.73 Å². The molecule has 0 radical (unpaired) electrons. The molecule has 2 nitrogen and oxygen atoms in total. The minimum Gasteiger partial charge on any atom is -0.330 e. The van der Waals surface area contributed by atoms with Crippen LogP contribution in [0.5, 0.6) is 0 Å². The van der Waals surface area contributed by atoms with Gasteiger partial charge in [0.15, 0.2) is 0 Å². The van der Waals surface area contributed by atoms with Gasteiger partial charge >= 0.3 is 0 Å². The van der Waals surface area contributed by atoms with Crippen LogP contribution in [-0.2, 0) is 0 Å². The highest BCUT2D eigenvalue weighted by molar-refractivity contribution is 4.96. The van der Waals surface area contributed by atoms with Crippen molar-refractivity contribution in [1.29, 1.82) is 0 Å². The molecule has 0 spiro atoms. The minimum atomic E-state index is 0.521. The summed E-state index contributed by atoms with van der Waals surface area (Å²) in [4.78, 5) is 2.52. The van der Waals surface area contributed by atoms with E-state index in [0.717, 1.165) is 12.5 Å². The van der Waals surface area contributed by atoms with Gasteiger partial charge in [-0.25, -0.2) is 0 Å². The maximum Gasteiger partial charge on any atom is 0.00471 e. The van der Waals surface area contributed by atoms with Gasteiger partial charge in [0.1, 0.15) is 0 Å². The zero-order valence-electron chi connectivity index (χ0n) is 9.47. The molecule has 0 aromatic carbocycles. The summed E-state index contributed by atoms with van der Waals surface area (Å²) >= 11 is 0. The Bertz CT molecular complexity index is 181. The first-order valence-electron chi connectivity index (χ1n) is 6.13. The molecule has 0 aromatic heterocycles. The normalized spacial score (nSPS) is 25.9. The second-order valence-electron chi connectivity index (χ2n) is 5.55. The van der Waals surface area contributed by atoms with Gasteiger partial charge in [0.2, 0.25) is 0 Å². The molecule has 0 amide bonds. The highest BCUT2D eigenvalue weighted by Crippen LogP contribution is 2.45. The van der Waals surface area contributed by atoms with E-state index in [1.165, 1.54) is 51.6 Å². The van der Waals surface area contributed by atoms with Gasteiger partial charge in [-0.1, -0.05) is 12.8 Å². The van der Waals surface area contributed by atoms with E-state index in [-0.39, 0.29) is 0 Å². The predicted octanol–water partition coefficient (Wildman–Crippen LogP) is 1.85. The Labute approximate surface area is 87.8 Å². The number of nitrogens with two attached hydrogens (primary N) is 1. The molecule has 0 heterocycles. The van der Waals surface area contributed by atoms with Gasteiger partial charge in [-0.05, 0) is 50.6 Å². The van der Waals surface area contributed by atoms with Crippen molar-refractivity contribution in [2.45, 2.75) is 38.5 Å². The van der Waals surface area contributed by atoms with E-state index in [1.54, 1.807) is 0 Å². The van der Waals surface area contributed by atoms with Crippen LogP contribution < -0.4 is 5.73 Å². The second kappa shape index (κ2) is 4.19. The lowest BCUT2D eigenvalue weighted by molar-refractivity contribution is 0.230. The molecular formula is C12H24N2.